The molecule has 1 aromatic carbocycles. The predicted molar refractivity (Wildman–Crippen MR) is 124 cm³/mol. The second-order valence-corrected chi connectivity index (χ2v) is 8.75. The van der Waals surface area contributed by atoms with E-state index in [-0.39, 0.29) is 4.88 Å². The van der Waals surface area contributed by atoms with Crippen LogP contribution in [0.15, 0.2) is 54.3 Å². The van der Waals surface area contributed by atoms with E-state index in [1.54, 1.807) is 22.3 Å². The molecule has 0 fully saturated rings. The molecule has 4 aromatic rings. The van der Waals surface area contributed by atoms with Crippen LogP contribution in [0.4, 0.5) is 13.2 Å². The predicted octanol–water partition coefficient (Wildman–Crippen LogP) is 4.36. The fraction of sp³-hybridized carbons (Fsp3) is 0.261. The van der Waals surface area contributed by atoms with Crippen LogP contribution in [-0.2, 0) is 0 Å². The lowest BCUT2D eigenvalue weighted by atomic mass is 10.1. The van der Waals surface area contributed by atoms with Crippen molar-refractivity contribution in [1.82, 2.24) is 24.8 Å². The summed E-state index contributed by atoms with van der Waals surface area (Å²) in [5, 5.41) is 7.94. The Kier molecular flexibility index (Phi) is 6.85. The molecule has 11 heteroatoms. The molecule has 178 valence electrons. The Hall–Kier alpha value is -3.44. The van der Waals surface area contributed by atoms with Gasteiger partial charge in [-0.2, -0.15) is 18.3 Å². The number of aromatic nitrogens is 3. The summed E-state index contributed by atoms with van der Waals surface area (Å²) in [6.45, 7) is 0.0569. The van der Waals surface area contributed by atoms with Crippen LogP contribution in [0.25, 0.3) is 27.9 Å². The first-order valence-electron chi connectivity index (χ1n) is 10.3. The molecule has 0 aliphatic carbocycles. The van der Waals surface area contributed by atoms with E-state index in [0.717, 1.165) is 34.8 Å². The van der Waals surface area contributed by atoms with Crippen LogP contribution in [0.1, 0.15) is 9.67 Å². The van der Waals surface area contributed by atoms with Crippen molar-refractivity contribution in [3.8, 4) is 28.0 Å². The molecule has 0 bridgehead atoms. The number of carbonyl (C=O) groups excluding carboxylic acids is 1. The van der Waals surface area contributed by atoms with Crippen LogP contribution < -0.4 is 10.1 Å². The Morgan fingerprint density at radius 3 is 2.62 bits per heavy atom. The highest BCUT2D eigenvalue weighted by atomic mass is 32.1. The minimum Gasteiger partial charge on any atom is -0.492 e. The van der Waals surface area contributed by atoms with E-state index in [1.165, 1.54) is 6.07 Å². The standard InChI is InChI=1S/C23H22F3N5O2S/c1-30(2)7-8-33-18-5-3-15(4-6-18)17-10-27-21-19(11-29-31(21)12-17)16-9-20(34-13-16)22(32)28-14-23(24,25)26/h3-6,9-13H,7-8,14H2,1-2H3,(H,28,32). The number of hydrogen-bond donors (Lipinski definition) is 1. The molecule has 0 spiro atoms. The number of nitrogens with zero attached hydrogens (tertiary/aromatic N) is 4. The van der Waals surface area contributed by atoms with Gasteiger partial charge in [-0.3, -0.25) is 4.79 Å². The van der Waals surface area contributed by atoms with Gasteiger partial charge < -0.3 is 15.0 Å². The summed E-state index contributed by atoms with van der Waals surface area (Å²) in [5.74, 6) is 0.0166. The van der Waals surface area contributed by atoms with Gasteiger partial charge in [0.05, 0.1) is 11.1 Å². The lowest BCUT2D eigenvalue weighted by Crippen LogP contribution is -2.33. The molecule has 34 heavy (non-hydrogen) atoms. The van der Waals surface area contributed by atoms with Crippen molar-refractivity contribution in [3.05, 3.63) is 59.2 Å². The molecule has 3 aromatic heterocycles. The number of hydrogen-bond acceptors (Lipinski definition) is 6. The van der Waals surface area contributed by atoms with Gasteiger partial charge >= 0.3 is 6.18 Å². The molecule has 0 unspecified atom stereocenters. The number of likely N-dealkylation sites (N-methyl/N-ethyl adjacent to an activating group) is 1. The van der Waals surface area contributed by atoms with Crippen molar-refractivity contribution in [2.24, 2.45) is 0 Å². The smallest absolute Gasteiger partial charge is 0.405 e. The molecular weight excluding hydrogens is 467 g/mol. The van der Waals surface area contributed by atoms with Gasteiger partial charge in [-0.25, -0.2) is 9.50 Å². The minimum atomic E-state index is -4.46. The van der Waals surface area contributed by atoms with Gasteiger partial charge in [0.1, 0.15) is 18.9 Å². The van der Waals surface area contributed by atoms with E-state index in [4.69, 9.17) is 4.74 Å². The van der Waals surface area contributed by atoms with Crippen molar-refractivity contribution < 1.29 is 22.7 Å². The first-order valence-corrected chi connectivity index (χ1v) is 11.2. The Balaban J connectivity index is 1.49. The summed E-state index contributed by atoms with van der Waals surface area (Å²) in [4.78, 5) is 18.8. The average molecular weight is 490 g/mol. The minimum absolute atomic E-state index is 0.183. The number of nitrogens with one attached hydrogen (secondary N) is 1. The molecule has 0 aliphatic rings. The maximum atomic E-state index is 12.3. The molecule has 7 nitrogen and oxygen atoms in total. The van der Waals surface area contributed by atoms with Gasteiger partial charge in [-0.1, -0.05) is 12.1 Å². The van der Waals surface area contributed by atoms with Crippen LogP contribution in [0.5, 0.6) is 5.75 Å². The Morgan fingerprint density at radius 1 is 1.15 bits per heavy atom. The van der Waals surface area contributed by atoms with Crippen LogP contribution in [0.2, 0.25) is 0 Å². The summed E-state index contributed by atoms with van der Waals surface area (Å²) < 4.78 is 44.4. The summed E-state index contributed by atoms with van der Waals surface area (Å²) in [7, 11) is 3.98. The third-order valence-electron chi connectivity index (χ3n) is 4.93. The fourth-order valence-corrected chi connectivity index (χ4v) is 4.00. The summed E-state index contributed by atoms with van der Waals surface area (Å²) in [6, 6.07) is 9.24. The molecule has 0 atom stereocenters. The largest absolute Gasteiger partial charge is 0.492 e. The molecule has 0 aliphatic heterocycles. The van der Waals surface area contributed by atoms with E-state index in [9.17, 15) is 18.0 Å². The van der Waals surface area contributed by atoms with Gasteiger partial charge in [0.25, 0.3) is 5.91 Å². The number of benzene rings is 1. The van der Waals surface area contributed by atoms with Crippen molar-refractivity contribution in [2.75, 3.05) is 33.8 Å². The Morgan fingerprint density at radius 2 is 1.91 bits per heavy atom. The van der Waals surface area contributed by atoms with Crippen molar-refractivity contribution in [3.63, 3.8) is 0 Å². The SMILES string of the molecule is CN(C)CCOc1ccc(-c2cnc3c(-c4csc(C(=O)NCC(F)(F)F)c4)cnn3c2)cc1. The summed E-state index contributed by atoms with van der Waals surface area (Å²) in [6.07, 6.45) is 0.731. The molecule has 0 radical (unpaired) electrons. The number of thiophene rings is 1. The summed E-state index contributed by atoms with van der Waals surface area (Å²) in [5.41, 5.74) is 3.73. The highest BCUT2D eigenvalue weighted by Crippen LogP contribution is 2.30. The van der Waals surface area contributed by atoms with Crippen molar-refractivity contribution in [1.29, 1.82) is 0 Å². The van der Waals surface area contributed by atoms with Gasteiger partial charge in [0, 0.05) is 30.1 Å². The second-order valence-electron chi connectivity index (χ2n) is 7.84. The lowest BCUT2D eigenvalue weighted by molar-refractivity contribution is -0.123. The molecule has 0 saturated heterocycles. The van der Waals surface area contributed by atoms with Crippen LogP contribution in [0.3, 0.4) is 0 Å². The molecule has 1 amide bonds. The highest BCUT2D eigenvalue weighted by Gasteiger charge is 2.28. The van der Waals surface area contributed by atoms with E-state index in [1.807, 2.05) is 54.8 Å². The van der Waals surface area contributed by atoms with E-state index >= 15 is 0 Å². The first kappa shape index (κ1) is 23.7. The van der Waals surface area contributed by atoms with Crippen LogP contribution in [-0.4, -0.2) is 65.4 Å². The highest BCUT2D eigenvalue weighted by molar-refractivity contribution is 7.12. The normalized spacial score (nSPS) is 11.8. The maximum absolute atomic E-state index is 12.3. The van der Waals surface area contributed by atoms with Gasteiger partial charge in [0.2, 0.25) is 0 Å². The maximum Gasteiger partial charge on any atom is 0.405 e. The monoisotopic (exact) mass is 489 g/mol. The zero-order chi connectivity index (χ0) is 24.3. The number of ether oxygens (including phenoxy) is 1. The van der Waals surface area contributed by atoms with Crippen LogP contribution in [0, 0.1) is 0 Å². The zero-order valence-corrected chi connectivity index (χ0v) is 19.3. The van der Waals surface area contributed by atoms with Gasteiger partial charge in [-0.15, -0.1) is 11.3 Å². The quantitative estimate of drug-likeness (QED) is 0.398. The van der Waals surface area contributed by atoms with E-state index < -0.39 is 18.6 Å². The molecule has 3 heterocycles. The second kappa shape index (κ2) is 9.82. The number of amides is 1. The number of halogens is 3. The molecule has 1 N–H and O–H groups in total. The summed E-state index contributed by atoms with van der Waals surface area (Å²) >= 11 is 1.06. The molecule has 0 saturated carbocycles. The van der Waals surface area contributed by atoms with Gasteiger partial charge in [0.15, 0.2) is 5.65 Å². The lowest BCUT2D eigenvalue weighted by Gasteiger charge is -2.11. The Labute approximate surface area is 197 Å². The number of rotatable bonds is 8. The number of carbonyl (C=O) groups is 1. The fourth-order valence-electron chi connectivity index (χ4n) is 3.18. The molecular formula is C23H22F3N5O2S. The van der Waals surface area contributed by atoms with Crippen LogP contribution >= 0.6 is 11.3 Å². The average Bonchev–Trinajstić information content (AvgIpc) is 3.44. The Bertz CT molecular complexity index is 1280. The first-order chi connectivity index (χ1) is 16.2. The zero-order valence-electron chi connectivity index (χ0n) is 18.5. The third-order valence-corrected chi connectivity index (χ3v) is 5.86. The number of alkyl halides is 3. The van der Waals surface area contributed by atoms with Crippen molar-refractivity contribution >= 4 is 22.9 Å². The van der Waals surface area contributed by atoms with E-state index in [2.05, 4.69) is 10.1 Å². The van der Waals surface area contributed by atoms with Crippen molar-refractivity contribution in [2.45, 2.75) is 6.18 Å². The van der Waals surface area contributed by atoms with E-state index in [0.29, 0.717) is 23.4 Å². The molecule has 4 rings (SSSR count). The third kappa shape index (κ3) is 5.72. The topological polar surface area (TPSA) is 71.8 Å². The van der Waals surface area contributed by atoms with Gasteiger partial charge in [-0.05, 0) is 48.8 Å². The number of fused-ring (bicyclic) bond motifs is 1.